The number of anilines is 1. The highest BCUT2D eigenvalue weighted by Gasteiger charge is 2.42. The van der Waals surface area contributed by atoms with Crippen molar-refractivity contribution in [2.75, 3.05) is 85.3 Å². The molecule has 1 amide bonds. The van der Waals surface area contributed by atoms with E-state index >= 15 is 0 Å². The van der Waals surface area contributed by atoms with Gasteiger partial charge in [-0.2, -0.15) is 0 Å². The Morgan fingerprint density at radius 1 is 0.840 bits per heavy atom. The molecular formula is C38H51Cl2N5O5. The first-order valence-electron chi connectivity index (χ1n) is 17.2. The van der Waals surface area contributed by atoms with Crippen LogP contribution in [0.25, 0.3) is 11.0 Å². The van der Waals surface area contributed by atoms with Gasteiger partial charge in [0.1, 0.15) is 0 Å². The third-order valence-corrected chi connectivity index (χ3v) is 10.0. The van der Waals surface area contributed by atoms with E-state index in [1.54, 1.807) is 33.5 Å². The zero-order valence-corrected chi connectivity index (χ0v) is 31.3. The molecule has 2 saturated heterocycles. The average Bonchev–Trinajstić information content (AvgIpc) is 3.65. The van der Waals surface area contributed by atoms with Crippen LogP contribution in [0.3, 0.4) is 0 Å². The Hall–Kier alpha value is -3.70. The van der Waals surface area contributed by atoms with Gasteiger partial charge >= 0.3 is 0 Å². The molecule has 1 atom stereocenters. The molecule has 1 aromatic heterocycles. The molecule has 0 N–H and O–H groups in total. The summed E-state index contributed by atoms with van der Waals surface area (Å²) in [6.45, 7) is 10.4. The maximum Gasteiger partial charge on any atom is 0.254 e. The van der Waals surface area contributed by atoms with Gasteiger partial charge in [0.2, 0.25) is 11.7 Å². The molecule has 0 bridgehead atoms. The molecule has 6 rings (SSSR count). The molecule has 2 fully saturated rings. The smallest absolute Gasteiger partial charge is 0.254 e. The molecule has 12 heteroatoms. The van der Waals surface area contributed by atoms with Crippen LogP contribution in [0.2, 0.25) is 0 Å². The first-order valence-corrected chi connectivity index (χ1v) is 17.2. The fraction of sp³-hybridized carbons (Fsp3) is 0.474. The summed E-state index contributed by atoms with van der Waals surface area (Å²) in [5.74, 6) is 2.46. The van der Waals surface area contributed by atoms with E-state index in [1.165, 1.54) is 5.56 Å². The van der Waals surface area contributed by atoms with Crippen LogP contribution >= 0.6 is 24.8 Å². The van der Waals surface area contributed by atoms with Crippen LogP contribution in [-0.2, 0) is 16.7 Å². The van der Waals surface area contributed by atoms with E-state index in [9.17, 15) is 4.79 Å². The Morgan fingerprint density at radius 3 is 2.26 bits per heavy atom. The number of amides is 1. The van der Waals surface area contributed by atoms with Crippen molar-refractivity contribution in [2.45, 2.75) is 38.1 Å². The zero-order chi connectivity index (χ0) is 33.5. The van der Waals surface area contributed by atoms with Gasteiger partial charge in [0.15, 0.2) is 11.5 Å². The van der Waals surface area contributed by atoms with E-state index in [0.717, 1.165) is 75.5 Å². The Kier molecular flexibility index (Phi) is 14.1. The number of nitrogens with zero attached hydrogens (tertiary/aromatic N) is 5. The highest BCUT2D eigenvalue weighted by atomic mass is 35.5. The highest BCUT2D eigenvalue weighted by molar-refractivity contribution is 5.96. The SMILES string of the molecule is CCOCCn1c(N2CCCN(CC[C@]3(c4ccccc4)CCN(C(=O)c4cc(OC)c(OC)c(OC)c4)C3)CC2)nc2ccccc21.Cl.Cl. The van der Waals surface area contributed by atoms with Gasteiger partial charge in [-0.05, 0) is 69.1 Å². The molecule has 272 valence electrons. The molecule has 0 spiro atoms. The molecule has 0 radical (unpaired) electrons. The first kappa shape index (κ1) is 39.1. The number of halogens is 2. The number of para-hydroxylation sites is 2. The van der Waals surface area contributed by atoms with Crippen LogP contribution in [0.4, 0.5) is 5.95 Å². The Labute approximate surface area is 308 Å². The van der Waals surface area contributed by atoms with Crippen molar-refractivity contribution in [1.82, 2.24) is 19.4 Å². The lowest BCUT2D eigenvalue weighted by atomic mass is 9.76. The molecule has 0 aliphatic carbocycles. The van der Waals surface area contributed by atoms with E-state index in [2.05, 4.69) is 69.0 Å². The van der Waals surface area contributed by atoms with Gasteiger partial charge in [0.25, 0.3) is 5.91 Å². The van der Waals surface area contributed by atoms with Crippen molar-refractivity contribution in [2.24, 2.45) is 0 Å². The van der Waals surface area contributed by atoms with Crippen LogP contribution in [0, 0.1) is 0 Å². The number of aromatic nitrogens is 2. The number of rotatable bonds is 13. The lowest BCUT2D eigenvalue weighted by Crippen LogP contribution is -2.39. The number of hydrogen-bond acceptors (Lipinski definition) is 8. The van der Waals surface area contributed by atoms with E-state index in [1.807, 2.05) is 11.8 Å². The minimum absolute atomic E-state index is 0. The summed E-state index contributed by atoms with van der Waals surface area (Å²) in [7, 11) is 4.71. The number of likely N-dealkylation sites (tertiary alicyclic amines) is 1. The van der Waals surface area contributed by atoms with E-state index in [-0.39, 0.29) is 36.1 Å². The number of fused-ring (bicyclic) bond motifs is 1. The molecule has 10 nitrogen and oxygen atoms in total. The first-order chi connectivity index (χ1) is 23.5. The summed E-state index contributed by atoms with van der Waals surface area (Å²) in [5, 5.41) is 0. The zero-order valence-electron chi connectivity index (χ0n) is 29.6. The Bertz CT molecular complexity index is 1660. The maximum absolute atomic E-state index is 13.9. The van der Waals surface area contributed by atoms with E-state index in [4.69, 9.17) is 23.9 Å². The third kappa shape index (κ3) is 8.26. The highest BCUT2D eigenvalue weighted by Crippen LogP contribution is 2.41. The summed E-state index contributed by atoms with van der Waals surface area (Å²) in [4.78, 5) is 26.1. The average molecular weight is 729 g/mol. The van der Waals surface area contributed by atoms with Crippen LogP contribution in [0.5, 0.6) is 17.2 Å². The number of carbonyl (C=O) groups is 1. The van der Waals surface area contributed by atoms with Crippen molar-refractivity contribution in [3.63, 3.8) is 0 Å². The number of hydrogen-bond donors (Lipinski definition) is 0. The number of imidazole rings is 1. The summed E-state index contributed by atoms with van der Waals surface area (Å²) in [5.41, 5.74) is 3.89. The largest absolute Gasteiger partial charge is 0.493 e. The van der Waals surface area contributed by atoms with Gasteiger partial charge in [0, 0.05) is 56.9 Å². The Balaban J connectivity index is 0.00000281. The van der Waals surface area contributed by atoms with Crippen molar-refractivity contribution in [1.29, 1.82) is 0 Å². The maximum atomic E-state index is 13.9. The van der Waals surface area contributed by atoms with Crippen LogP contribution in [0.15, 0.2) is 66.7 Å². The minimum atomic E-state index is -0.128. The standard InChI is InChI=1S/C38H49N5O5.2ClH/c1-5-48-25-24-43-32-15-10-9-14-31(32)39-37(43)41-19-11-18-40(22-23-41)20-16-38(30-12-7-6-8-13-30)17-21-42(28-38)36(44)29-26-33(45-2)35(47-4)34(27-29)46-3;;/h6-10,12-15,26-27H,5,11,16-25,28H2,1-4H3;2*1H/t38-;;/m0../s1. The summed E-state index contributed by atoms with van der Waals surface area (Å²) in [6.07, 6.45) is 2.96. The van der Waals surface area contributed by atoms with E-state index < -0.39 is 0 Å². The summed E-state index contributed by atoms with van der Waals surface area (Å²) < 4.78 is 24.6. The monoisotopic (exact) mass is 727 g/mol. The van der Waals surface area contributed by atoms with Gasteiger partial charge in [0.05, 0.1) is 39.0 Å². The molecule has 2 aliphatic rings. The van der Waals surface area contributed by atoms with Crippen molar-refractivity contribution < 1.29 is 23.7 Å². The van der Waals surface area contributed by atoms with Crippen LogP contribution < -0.4 is 19.1 Å². The van der Waals surface area contributed by atoms with Crippen molar-refractivity contribution in [3.8, 4) is 17.2 Å². The van der Waals surface area contributed by atoms with Crippen LogP contribution in [-0.4, -0.2) is 106 Å². The molecule has 0 unspecified atom stereocenters. The van der Waals surface area contributed by atoms with Gasteiger partial charge in [-0.15, -0.1) is 24.8 Å². The fourth-order valence-corrected chi connectivity index (χ4v) is 7.40. The molecule has 4 aromatic rings. The number of ether oxygens (including phenoxy) is 4. The van der Waals surface area contributed by atoms with Crippen molar-refractivity contribution >= 4 is 47.7 Å². The summed E-state index contributed by atoms with van der Waals surface area (Å²) in [6, 6.07) is 22.6. The molecule has 2 aliphatic heterocycles. The second-order valence-corrected chi connectivity index (χ2v) is 12.7. The normalized spacial score (nSPS) is 17.9. The molecular weight excluding hydrogens is 677 g/mol. The van der Waals surface area contributed by atoms with Crippen molar-refractivity contribution in [3.05, 3.63) is 77.9 Å². The topological polar surface area (TPSA) is 81.5 Å². The Morgan fingerprint density at radius 2 is 1.56 bits per heavy atom. The third-order valence-electron chi connectivity index (χ3n) is 10.0. The summed E-state index contributed by atoms with van der Waals surface area (Å²) >= 11 is 0. The number of benzene rings is 3. The lowest BCUT2D eigenvalue weighted by Gasteiger charge is -2.33. The minimum Gasteiger partial charge on any atom is -0.493 e. The molecule has 0 saturated carbocycles. The van der Waals surface area contributed by atoms with Crippen LogP contribution in [0.1, 0.15) is 42.1 Å². The van der Waals surface area contributed by atoms with E-state index in [0.29, 0.717) is 49.1 Å². The lowest BCUT2D eigenvalue weighted by molar-refractivity contribution is 0.0780. The predicted molar refractivity (Wildman–Crippen MR) is 203 cm³/mol. The predicted octanol–water partition coefficient (Wildman–Crippen LogP) is 6.33. The molecule has 3 aromatic carbocycles. The second-order valence-electron chi connectivity index (χ2n) is 12.7. The van der Waals surface area contributed by atoms with Gasteiger partial charge < -0.3 is 38.2 Å². The van der Waals surface area contributed by atoms with Gasteiger partial charge in [-0.25, -0.2) is 4.98 Å². The van der Waals surface area contributed by atoms with Gasteiger partial charge in [-0.1, -0.05) is 42.5 Å². The fourth-order valence-electron chi connectivity index (χ4n) is 7.40. The number of methoxy groups -OCH3 is 3. The quantitative estimate of drug-likeness (QED) is 0.148. The van der Waals surface area contributed by atoms with Gasteiger partial charge in [-0.3, -0.25) is 4.79 Å². The molecule has 50 heavy (non-hydrogen) atoms. The molecule has 3 heterocycles. The number of carbonyl (C=O) groups excluding carboxylic acids is 1. The second kappa shape index (κ2) is 18.0.